The third-order valence-electron chi connectivity index (χ3n) is 3.52. The van der Waals surface area contributed by atoms with E-state index in [1.165, 1.54) is 5.56 Å². The Kier molecular flexibility index (Phi) is 2.80. The summed E-state index contributed by atoms with van der Waals surface area (Å²) in [6, 6.07) is 7.99. The van der Waals surface area contributed by atoms with Gasteiger partial charge in [-0.2, -0.15) is 5.10 Å². The second kappa shape index (κ2) is 4.46. The Morgan fingerprint density at radius 2 is 2.11 bits per heavy atom. The number of fused-ring (bicyclic) bond motifs is 1. The molecule has 1 heterocycles. The lowest BCUT2D eigenvalue weighted by Crippen LogP contribution is -2.20. The molecule has 1 unspecified atom stereocenters. The summed E-state index contributed by atoms with van der Waals surface area (Å²) in [4.78, 5) is 0. The van der Waals surface area contributed by atoms with Crippen LogP contribution in [0, 0.1) is 0 Å². The second-order valence-electron chi connectivity index (χ2n) is 4.66. The number of hydrogen-bond acceptors (Lipinski definition) is 3. The lowest BCUT2D eigenvalue weighted by atomic mass is 9.94. The smallest absolute Gasteiger partial charge is 0.119 e. The highest BCUT2D eigenvalue weighted by Crippen LogP contribution is 2.29. The van der Waals surface area contributed by atoms with Gasteiger partial charge in [0.1, 0.15) is 5.75 Å². The molecule has 1 atom stereocenters. The third kappa shape index (κ3) is 1.78. The first kappa shape index (κ1) is 11.3. The lowest BCUT2D eigenvalue weighted by Gasteiger charge is -2.20. The average Bonchev–Trinajstić information content (AvgIpc) is 2.84. The monoisotopic (exact) mass is 243 g/mol. The fraction of sp³-hybridized carbons (Fsp3) is 0.357. The van der Waals surface area contributed by atoms with Crippen molar-refractivity contribution in [1.29, 1.82) is 0 Å². The van der Waals surface area contributed by atoms with Gasteiger partial charge in [0.05, 0.1) is 24.7 Å². The summed E-state index contributed by atoms with van der Waals surface area (Å²) < 4.78 is 7.12. The van der Waals surface area contributed by atoms with E-state index in [9.17, 15) is 0 Å². The molecule has 1 aromatic carbocycles. The van der Waals surface area contributed by atoms with Crippen LogP contribution in [0.15, 0.2) is 30.5 Å². The highest BCUT2D eigenvalue weighted by molar-refractivity contribution is 5.40. The number of aryl methyl sites for hydroxylation is 1. The molecule has 1 aliphatic rings. The van der Waals surface area contributed by atoms with Gasteiger partial charge in [0.2, 0.25) is 0 Å². The molecule has 2 aromatic rings. The first-order valence-electron chi connectivity index (χ1n) is 6.26. The van der Waals surface area contributed by atoms with E-state index in [1.54, 1.807) is 7.11 Å². The van der Waals surface area contributed by atoms with Crippen molar-refractivity contribution in [2.45, 2.75) is 25.3 Å². The molecule has 0 fully saturated rings. The molecule has 2 N–H and O–H groups in total. The average molecular weight is 243 g/mol. The van der Waals surface area contributed by atoms with Crippen molar-refractivity contribution in [3.8, 4) is 11.4 Å². The Morgan fingerprint density at radius 3 is 2.83 bits per heavy atom. The zero-order chi connectivity index (χ0) is 12.5. The van der Waals surface area contributed by atoms with E-state index in [4.69, 9.17) is 10.5 Å². The van der Waals surface area contributed by atoms with Crippen LogP contribution >= 0.6 is 0 Å². The zero-order valence-corrected chi connectivity index (χ0v) is 10.5. The Labute approximate surface area is 106 Å². The van der Waals surface area contributed by atoms with Crippen LogP contribution in [0.5, 0.6) is 5.75 Å². The molecule has 4 heteroatoms. The molecule has 0 saturated carbocycles. The standard InChI is InChI=1S/C14H17N3O/c1-18-12-7-5-11(6-8-12)17-14-10(9-16-17)3-2-4-13(14)15/h5-9,13H,2-4,15H2,1H3. The number of hydrogen-bond donors (Lipinski definition) is 1. The van der Waals surface area contributed by atoms with E-state index >= 15 is 0 Å². The maximum Gasteiger partial charge on any atom is 0.119 e. The summed E-state index contributed by atoms with van der Waals surface area (Å²) in [7, 11) is 1.67. The summed E-state index contributed by atoms with van der Waals surface area (Å²) in [6.45, 7) is 0. The van der Waals surface area contributed by atoms with Gasteiger partial charge in [-0.05, 0) is 49.1 Å². The van der Waals surface area contributed by atoms with Gasteiger partial charge in [-0.25, -0.2) is 4.68 Å². The van der Waals surface area contributed by atoms with E-state index in [0.29, 0.717) is 0 Å². The molecule has 0 saturated heterocycles. The normalized spacial score (nSPS) is 18.4. The maximum absolute atomic E-state index is 6.20. The van der Waals surface area contributed by atoms with Gasteiger partial charge in [-0.1, -0.05) is 0 Å². The van der Waals surface area contributed by atoms with E-state index in [2.05, 4.69) is 5.10 Å². The van der Waals surface area contributed by atoms with Crippen LogP contribution in [-0.4, -0.2) is 16.9 Å². The van der Waals surface area contributed by atoms with Crippen molar-refractivity contribution in [2.75, 3.05) is 7.11 Å². The molecule has 18 heavy (non-hydrogen) atoms. The fourth-order valence-electron chi connectivity index (χ4n) is 2.56. The number of methoxy groups -OCH3 is 1. The summed E-state index contributed by atoms with van der Waals surface area (Å²) in [5.74, 6) is 0.851. The van der Waals surface area contributed by atoms with Gasteiger partial charge in [0, 0.05) is 6.04 Å². The molecule has 0 radical (unpaired) electrons. The van der Waals surface area contributed by atoms with Crippen LogP contribution in [-0.2, 0) is 6.42 Å². The number of aromatic nitrogens is 2. The summed E-state index contributed by atoms with van der Waals surface area (Å²) in [6.07, 6.45) is 5.22. The van der Waals surface area contributed by atoms with E-state index < -0.39 is 0 Å². The van der Waals surface area contributed by atoms with Crippen molar-refractivity contribution in [1.82, 2.24) is 9.78 Å². The molecule has 0 aliphatic heterocycles. The Bertz CT molecular complexity index is 545. The molecule has 1 aliphatic carbocycles. The molecule has 1 aromatic heterocycles. The van der Waals surface area contributed by atoms with Crippen molar-refractivity contribution < 1.29 is 4.74 Å². The van der Waals surface area contributed by atoms with Gasteiger partial charge in [0.15, 0.2) is 0 Å². The summed E-state index contributed by atoms with van der Waals surface area (Å²) in [5, 5.41) is 4.47. The molecule has 3 rings (SSSR count). The van der Waals surface area contributed by atoms with E-state index in [0.717, 1.165) is 36.4 Å². The Balaban J connectivity index is 2.03. The molecule has 0 bridgehead atoms. The third-order valence-corrected chi connectivity index (χ3v) is 3.52. The number of rotatable bonds is 2. The number of nitrogens with zero attached hydrogens (tertiary/aromatic N) is 2. The second-order valence-corrected chi connectivity index (χ2v) is 4.66. The summed E-state index contributed by atoms with van der Waals surface area (Å²) in [5.41, 5.74) is 9.68. The van der Waals surface area contributed by atoms with Crippen LogP contribution in [0.25, 0.3) is 5.69 Å². The number of benzene rings is 1. The highest BCUT2D eigenvalue weighted by atomic mass is 16.5. The largest absolute Gasteiger partial charge is 0.497 e. The topological polar surface area (TPSA) is 53.1 Å². The fourth-order valence-corrected chi connectivity index (χ4v) is 2.56. The predicted molar refractivity (Wildman–Crippen MR) is 70.0 cm³/mol. The molecular formula is C14H17N3O. The number of ether oxygens (including phenoxy) is 1. The molecule has 94 valence electrons. The van der Waals surface area contributed by atoms with Crippen LogP contribution < -0.4 is 10.5 Å². The Hall–Kier alpha value is -1.81. The minimum absolute atomic E-state index is 0.0957. The van der Waals surface area contributed by atoms with Gasteiger partial charge in [-0.15, -0.1) is 0 Å². The van der Waals surface area contributed by atoms with Gasteiger partial charge < -0.3 is 10.5 Å². The quantitative estimate of drug-likeness (QED) is 0.880. The van der Waals surface area contributed by atoms with Crippen LogP contribution in [0.1, 0.15) is 30.1 Å². The number of nitrogens with two attached hydrogens (primary N) is 1. The van der Waals surface area contributed by atoms with Gasteiger partial charge >= 0.3 is 0 Å². The minimum Gasteiger partial charge on any atom is -0.497 e. The van der Waals surface area contributed by atoms with Gasteiger partial charge in [-0.3, -0.25) is 0 Å². The van der Waals surface area contributed by atoms with E-state index in [-0.39, 0.29) is 6.04 Å². The van der Waals surface area contributed by atoms with Crippen LogP contribution in [0.3, 0.4) is 0 Å². The first-order valence-corrected chi connectivity index (χ1v) is 6.26. The van der Waals surface area contributed by atoms with Gasteiger partial charge in [0.25, 0.3) is 0 Å². The lowest BCUT2D eigenvalue weighted by molar-refractivity contribution is 0.414. The molecule has 0 spiro atoms. The predicted octanol–water partition coefficient (Wildman–Crippen LogP) is 2.22. The summed E-state index contributed by atoms with van der Waals surface area (Å²) >= 11 is 0. The highest BCUT2D eigenvalue weighted by Gasteiger charge is 2.22. The SMILES string of the molecule is COc1ccc(-n2ncc3c2C(N)CCC3)cc1. The molecular weight excluding hydrogens is 226 g/mol. The Morgan fingerprint density at radius 1 is 1.33 bits per heavy atom. The van der Waals surface area contributed by atoms with Crippen LogP contribution in [0.2, 0.25) is 0 Å². The van der Waals surface area contributed by atoms with Crippen molar-refractivity contribution in [3.05, 3.63) is 41.7 Å². The van der Waals surface area contributed by atoms with Crippen molar-refractivity contribution in [3.63, 3.8) is 0 Å². The molecule has 0 amide bonds. The van der Waals surface area contributed by atoms with E-state index in [1.807, 2.05) is 35.1 Å². The van der Waals surface area contributed by atoms with Crippen molar-refractivity contribution in [2.24, 2.45) is 5.73 Å². The van der Waals surface area contributed by atoms with Crippen LogP contribution in [0.4, 0.5) is 0 Å². The minimum atomic E-state index is 0.0957. The molecule has 4 nitrogen and oxygen atoms in total. The maximum atomic E-state index is 6.20. The zero-order valence-electron chi connectivity index (χ0n) is 10.5. The first-order chi connectivity index (χ1) is 8.79. The van der Waals surface area contributed by atoms with Crippen molar-refractivity contribution >= 4 is 0 Å².